The van der Waals surface area contributed by atoms with Gasteiger partial charge in [-0.3, -0.25) is 0 Å². The molecule has 1 unspecified atom stereocenters. The van der Waals surface area contributed by atoms with E-state index in [1.54, 1.807) is 13.8 Å². The van der Waals surface area contributed by atoms with Crippen LogP contribution >= 0.6 is 11.6 Å². The Kier molecular flexibility index (Phi) is 3.73. The van der Waals surface area contributed by atoms with Crippen LogP contribution in [0, 0.1) is 11.3 Å². The number of hydrogen-bond donors (Lipinski definition) is 2. The standard InChI is InChI=1S/C9H15ClN6/c1-4-6-13-7(10)16(12)8(14-6)15-9(2,3)5-11/h7H,4,12H2,1-3H3,(H,13,14,15). The fourth-order valence-electron chi connectivity index (χ4n) is 1.07. The number of guanidine groups is 1. The molecule has 0 saturated heterocycles. The predicted octanol–water partition coefficient (Wildman–Crippen LogP) is 0.754. The Hall–Kier alpha value is -1.32. The van der Waals surface area contributed by atoms with Crippen molar-refractivity contribution in [2.45, 2.75) is 38.4 Å². The highest BCUT2D eigenvalue weighted by Gasteiger charge is 2.26. The summed E-state index contributed by atoms with van der Waals surface area (Å²) in [4.78, 5) is 8.25. The maximum atomic E-state index is 8.91. The summed E-state index contributed by atoms with van der Waals surface area (Å²) in [6, 6.07) is 2.10. The Labute approximate surface area is 99.8 Å². The van der Waals surface area contributed by atoms with Gasteiger partial charge in [0.15, 0.2) is 0 Å². The van der Waals surface area contributed by atoms with E-state index in [4.69, 9.17) is 22.7 Å². The van der Waals surface area contributed by atoms with Gasteiger partial charge in [-0.15, -0.1) is 0 Å². The molecule has 0 saturated carbocycles. The predicted molar refractivity (Wildman–Crippen MR) is 63.7 cm³/mol. The third-order valence-electron chi connectivity index (χ3n) is 1.98. The van der Waals surface area contributed by atoms with Crippen LogP contribution in [0.25, 0.3) is 0 Å². The second-order valence-corrected chi connectivity index (χ2v) is 4.30. The Morgan fingerprint density at radius 3 is 2.81 bits per heavy atom. The Balaban J connectivity index is 2.91. The van der Waals surface area contributed by atoms with Crippen LogP contribution in [0.1, 0.15) is 27.2 Å². The maximum absolute atomic E-state index is 8.91. The molecule has 1 aliphatic rings. The summed E-state index contributed by atoms with van der Waals surface area (Å²) in [5, 5.41) is 13.0. The van der Waals surface area contributed by atoms with Gasteiger partial charge in [0.25, 0.3) is 0 Å². The van der Waals surface area contributed by atoms with Crippen LogP contribution in [-0.4, -0.2) is 28.0 Å². The van der Waals surface area contributed by atoms with E-state index in [2.05, 4.69) is 21.4 Å². The quantitative estimate of drug-likeness (QED) is 0.425. The minimum absolute atomic E-state index is 0.360. The number of hydrogen-bond acceptors (Lipinski definition) is 6. The smallest absolute Gasteiger partial charge is 0.219 e. The largest absolute Gasteiger partial charge is 0.337 e. The molecule has 1 atom stereocenters. The fraction of sp³-hybridized carbons (Fsp3) is 0.667. The first-order valence-electron chi connectivity index (χ1n) is 4.92. The topological polar surface area (TPSA) is 89.8 Å². The highest BCUT2D eigenvalue weighted by Crippen LogP contribution is 2.12. The second kappa shape index (κ2) is 4.68. The summed E-state index contributed by atoms with van der Waals surface area (Å²) in [5.41, 5.74) is -1.45. The van der Waals surface area contributed by atoms with Crippen molar-refractivity contribution in [1.29, 1.82) is 5.26 Å². The number of alkyl halides is 1. The molecule has 0 aromatic heterocycles. The molecule has 0 aromatic rings. The van der Waals surface area contributed by atoms with Gasteiger partial charge in [0.1, 0.15) is 11.4 Å². The zero-order valence-corrected chi connectivity index (χ0v) is 10.3. The molecular weight excluding hydrogens is 228 g/mol. The monoisotopic (exact) mass is 242 g/mol. The fourth-order valence-corrected chi connectivity index (χ4v) is 1.27. The molecule has 0 spiro atoms. The van der Waals surface area contributed by atoms with Crippen LogP contribution in [-0.2, 0) is 0 Å². The lowest BCUT2D eigenvalue weighted by Gasteiger charge is -2.30. The van der Waals surface area contributed by atoms with E-state index in [-0.39, 0.29) is 0 Å². The van der Waals surface area contributed by atoms with E-state index >= 15 is 0 Å². The molecule has 7 heteroatoms. The number of rotatable bonds is 2. The highest BCUT2D eigenvalue weighted by molar-refractivity contribution is 6.22. The zero-order chi connectivity index (χ0) is 12.3. The summed E-state index contributed by atoms with van der Waals surface area (Å²) < 4.78 is 0. The number of hydrazine groups is 1. The molecule has 6 nitrogen and oxygen atoms in total. The number of nitrogens with zero attached hydrogens (tertiary/aromatic N) is 4. The van der Waals surface area contributed by atoms with Gasteiger partial charge >= 0.3 is 0 Å². The molecule has 16 heavy (non-hydrogen) atoms. The maximum Gasteiger partial charge on any atom is 0.219 e. The van der Waals surface area contributed by atoms with Crippen LogP contribution in [0.2, 0.25) is 0 Å². The molecular formula is C9H15ClN6. The molecule has 0 fully saturated rings. The number of halogens is 1. The van der Waals surface area contributed by atoms with Crippen LogP contribution in [0.5, 0.6) is 0 Å². The molecule has 0 aromatic carbocycles. The number of nitrogens with one attached hydrogen (secondary N) is 1. The van der Waals surface area contributed by atoms with Crippen molar-refractivity contribution >= 4 is 23.4 Å². The molecule has 1 rings (SSSR count). The van der Waals surface area contributed by atoms with Crippen molar-refractivity contribution in [3.8, 4) is 6.07 Å². The number of amidine groups is 1. The number of aliphatic imine (C=N–C) groups is 2. The first kappa shape index (κ1) is 12.7. The van der Waals surface area contributed by atoms with Gasteiger partial charge in [-0.1, -0.05) is 18.5 Å². The number of nitriles is 1. The van der Waals surface area contributed by atoms with Crippen LogP contribution in [0.4, 0.5) is 0 Å². The van der Waals surface area contributed by atoms with Crippen molar-refractivity contribution in [1.82, 2.24) is 10.3 Å². The first-order chi connectivity index (χ1) is 7.39. The molecule has 0 amide bonds. The van der Waals surface area contributed by atoms with Crippen molar-refractivity contribution in [3.63, 3.8) is 0 Å². The van der Waals surface area contributed by atoms with Gasteiger partial charge in [-0.05, 0) is 13.8 Å². The minimum atomic E-state index is -0.761. The van der Waals surface area contributed by atoms with E-state index in [1.807, 2.05) is 6.92 Å². The Morgan fingerprint density at radius 2 is 2.31 bits per heavy atom. The van der Waals surface area contributed by atoms with E-state index in [0.29, 0.717) is 18.2 Å². The van der Waals surface area contributed by atoms with Gasteiger partial charge in [0.2, 0.25) is 11.6 Å². The number of nitrogens with two attached hydrogens (primary N) is 1. The summed E-state index contributed by atoms with van der Waals surface area (Å²) in [6.45, 7) is 5.37. The van der Waals surface area contributed by atoms with Gasteiger partial charge in [0.05, 0.1) is 6.07 Å². The lowest BCUT2D eigenvalue weighted by Crippen LogP contribution is -2.56. The van der Waals surface area contributed by atoms with Crippen molar-refractivity contribution in [3.05, 3.63) is 0 Å². The molecule has 1 aliphatic heterocycles. The lowest BCUT2D eigenvalue weighted by molar-refractivity contribution is 0.379. The average Bonchev–Trinajstić information content (AvgIpc) is 2.24. The molecule has 3 N–H and O–H groups in total. The van der Waals surface area contributed by atoms with E-state index < -0.39 is 11.2 Å². The third kappa shape index (κ3) is 2.84. The lowest BCUT2D eigenvalue weighted by atomic mass is 10.1. The Morgan fingerprint density at radius 1 is 1.69 bits per heavy atom. The van der Waals surface area contributed by atoms with E-state index in [9.17, 15) is 0 Å². The average molecular weight is 243 g/mol. The molecule has 0 radical (unpaired) electrons. The minimum Gasteiger partial charge on any atom is -0.337 e. The molecule has 0 aliphatic carbocycles. The summed E-state index contributed by atoms with van der Waals surface area (Å²) in [7, 11) is 0. The van der Waals surface area contributed by atoms with Crippen LogP contribution in [0.15, 0.2) is 9.98 Å². The second-order valence-electron chi connectivity index (χ2n) is 3.91. The van der Waals surface area contributed by atoms with Crippen molar-refractivity contribution in [2.24, 2.45) is 15.8 Å². The van der Waals surface area contributed by atoms with Gasteiger partial charge in [-0.2, -0.15) is 10.3 Å². The van der Waals surface area contributed by atoms with Gasteiger partial charge in [-0.25, -0.2) is 15.8 Å². The van der Waals surface area contributed by atoms with E-state index in [1.165, 1.54) is 5.01 Å². The van der Waals surface area contributed by atoms with Gasteiger partial charge in [0, 0.05) is 6.42 Å². The normalized spacial score (nSPS) is 21.0. The summed E-state index contributed by atoms with van der Waals surface area (Å²) in [6.07, 6.45) is 0.662. The Bertz CT molecular complexity index is 367. The third-order valence-corrected chi connectivity index (χ3v) is 2.29. The summed E-state index contributed by atoms with van der Waals surface area (Å²) >= 11 is 5.92. The van der Waals surface area contributed by atoms with Crippen molar-refractivity contribution in [2.75, 3.05) is 0 Å². The molecule has 0 bridgehead atoms. The first-order valence-corrected chi connectivity index (χ1v) is 5.36. The SMILES string of the molecule is CCC1=NC(Cl)N(N)C(NC(C)(C)C#N)=N1. The molecule has 1 heterocycles. The van der Waals surface area contributed by atoms with Crippen LogP contribution < -0.4 is 11.2 Å². The summed E-state index contributed by atoms with van der Waals surface area (Å²) in [5.74, 6) is 6.66. The molecule has 88 valence electrons. The van der Waals surface area contributed by atoms with Crippen LogP contribution in [0.3, 0.4) is 0 Å². The van der Waals surface area contributed by atoms with Gasteiger partial charge < -0.3 is 5.32 Å². The van der Waals surface area contributed by atoms with Crippen molar-refractivity contribution < 1.29 is 0 Å². The van der Waals surface area contributed by atoms with E-state index in [0.717, 1.165) is 0 Å². The highest BCUT2D eigenvalue weighted by atomic mass is 35.5. The zero-order valence-electron chi connectivity index (χ0n) is 9.53.